The lowest BCUT2D eigenvalue weighted by atomic mass is 9.77. The van der Waals surface area contributed by atoms with Gasteiger partial charge in [0.2, 0.25) is 5.76 Å². The molecular weight excluding hydrogens is 550 g/mol. The van der Waals surface area contributed by atoms with E-state index in [1.54, 1.807) is 32.9 Å². The molecule has 0 spiro atoms. The van der Waals surface area contributed by atoms with Gasteiger partial charge in [-0.25, -0.2) is 4.79 Å². The van der Waals surface area contributed by atoms with E-state index in [9.17, 15) is 19.8 Å². The van der Waals surface area contributed by atoms with Gasteiger partial charge in [0.05, 0.1) is 24.4 Å². The second-order valence-electron chi connectivity index (χ2n) is 11.8. The van der Waals surface area contributed by atoms with Gasteiger partial charge in [-0.15, -0.1) is 0 Å². The number of Topliss-reactive ketones (excluding diaryl/α,β-unsaturated/α-hetero) is 1. The molecule has 0 radical (unpaired) electrons. The second-order valence-corrected chi connectivity index (χ2v) is 11.8. The number of fused-ring (bicyclic) bond motifs is 3. The first-order valence-electron chi connectivity index (χ1n) is 14.9. The molecule has 1 fully saturated rings. The number of ketones is 1. The summed E-state index contributed by atoms with van der Waals surface area (Å²) >= 11 is 0. The van der Waals surface area contributed by atoms with Crippen LogP contribution in [0.5, 0.6) is 17.2 Å². The predicted molar refractivity (Wildman–Crippen MR) is 160 cm³/mol. The number of allylic oxidation sites excluding steroid dienone is 3. The van der Waals surface area contributed by atoms with E-state index in [1.807, 2.05) is 24.4 Å². The Bertz CT molecular complexity index is 1640. The zero-order chi connectivity index (χ0) is 30.3. The van der Waals surface area contributed by atoms with E-state index in [-0.39, 0.29) is 37.3 Å². The van der Waals surface area contributed by atoms with Crippen molar-refractivity contribution >= 4 is 28.2 Å². The van der Waals surface area contributed by atoms with Crippen molar-refractivity contribution < 1.29 is 38.7 Å². The van der Waals surface area contributed by atoms with E-state index >= 15 is 0 Å². The Morgan fingerprint density at radius 3 is 2.74 bits per heavy atom. The van der Waals surface area contributed by atoms with Crippen LogP contribution in [0.15, 0.2) is 53.9 Å². The number of rotatable bonds is 8. The zero-order valence-corrected chi connectivity index (χ0v) is 24.7. The van der Waals surface area contributed by atoms with Crippen molar-refractivity contribution in [3.63, 3.8) is 0 Å². The van der Waals surface area contributed by atoms with Crippen LogP contribution in [0.2, 0.25) is 0 Å². The number of esters is 1. The summed E-state index contributed by atoms with van der Waals surface area (Å²) in [5.41, 5.74) is 4.08. The Hall–Kier alpha value is -4.08. The first-order valence-corrected chi connectivity index (χ1v) is 14.9. The number of carbonyl (C=O) groups is 2. The van der Waals surface area contributed by atoms with Gasteiger partial charge in [-0.05, 0) is 74.4 Å². The number of benzene rings is 2. The molecule has 9 nitrogen and oxygen atoms in total. The SMILES string of the molecule is CCOC(=O)C1=CC(=C2CCC(=O)C(c3ccc4[nH]ccc4c3)C2)c2c(cc3c(c2OCCCO)CC(C(C)(C)O)O3)O1. The molecule has 1 aromatic heterocycles. The molecule has 43 heavy (non-hydrogen) atoms. The van der Waals surface area contributed by atoms with Crippen LogP contribution in [0, 0.1) is 0 Å². The van der Waals surface area contributed by atoms with E-state index in [4.69, 9.17) is 18.9 Å². The van der Waals surface area contributed by atoms with Gasteiger partial charge in [-0.1, -0.05) is 11.6 Å². The van der Waals surface area contributed by atoms with Crippen molar-refractivity contribution in [1.82, 2.24) is 4.98 Å². The molecule has 3 aromatic rings. The molecule has 2 aliphatic heterocycles. The van der Waals surface area contributed by atoms with Crippen LogP contribution >= 0.6 is 0 Å². The van der Waals surface area contributed by atoms with Crippen LogP contribution in [-0.2, 0) is 20.7 Å². The fourth-order valence-electron chi connectivity index (χ4n) is 6.14. The first-order chi connectivity index (χ1) is 20.7. The van der Waals surface area contributed by atoms with E-state index in [0.717, 1.165) is 33.2 Å². The number of aromatic nitrogens is 1. The fourth-order valence-corrected chi connectivity index (χ4v) is 6.14. The highest BCUT2D eigenvalue weighted by molar-refractivity contribution is 5.98. The Balaban J connectivity index is 1.50. The van der Waals surface area contributed by atoms with Gasteiger partial charge in [0.25, 0.3) is 0 Å². The maximum absolute atomic E-state index is 13.3. The number of aliphatic hydroxyl groups excluding tert-OH is 1. The average molecular weight is 588 g/mol. The van der Waals surface area contributed by atoms with Gasteiger partial charge in [-0.2, -0.15) is 0 Å². The average Bonchev–Trinajstić information content (AvgIpc) is 3.63. The molecule has 3 heterocycles. The van der Waals surface area contributed by atoms with Crippen molar-refractivity contribution in [2.75, 3.05) is 19.8 Å². The monoisotopic (exact) mass is 587 g/mol. The Morgan fingerprint density at radius 1 is 1.14 bits per heavy atom. The van der Waals surface area contributed by atoms with E-state index in [2.05, 4.69) is 11.1 Å². The molecule has 2 unspecified atom stereocenters. The maximum atomic E-state index is 13.3. The molecule has 1 saturated carbocycles. The number of aliphatic hydroxyl groups is 2. The van der Waals surface area contributed by atoms with Crippen LogP contribution in [-0.4, -0.2) is 58.5 Å². The molecular formula is C34H37NO8. The van der Waals surface area contributed by atoms with Crippen LogP contribution in [0.25, 0.3) is 16.5 Å². The lowest BCUT2D eigenvalue weighted by Gasteiger charge is -2.29. The summed E-state index contributed by atoms with van der Waals surface area (Å²) in [6, 6.07) is 9.79. The predicted octanol–water partition coefficient (Wildman–Crippen LogP) is 5.13. The largest absolute Gasteiger partial charge is 0.492 e. The Labute approximate surface area is 250 Å². The van der Waals surface area contributed by atoms with Gasteiger partial charge < -0.3 is 34.1 Å². The van der Waals surface area contributed by atoms with Crippen molar-refractivity contribution in [3.8, 4) is 17.2 Å². The van der Waals surface area contributed by atoms with Crippen molar-refractivity contribution in [3.05, 3.63) is 70.6 Å². The molecule has 0 saturated heterocycles. The van der Waals surface area contributed by atoms with Gasteiger partial charge >= 0.3 is 5.97 Å². The van der Waals surface area contributed by atoms with Gasteiger partial charge in [0, 0.05) is 55.1 Å². The van der Waals surface area contributed by atoms with Crippen LogP contribution in [0.3, 0.4) is 0 Å². The number of nitrogens with one attached hydrogen (secondary N) is 1. The zero-order valence-electron chi connectivity index (χ0n) is 24.7. The number of H-pyrrole nitrogens is 1. The topological polar surface area (TPSA) is 127 Å². The fraction of sp³-hybridized carbons (Fsp3) is 0.412. The molecule has 1 aliphatic carbocycles. The number of aromatic amines is 1. The third-order valence-electron chi connectivity index (χ3n) is 8.42. The smallest absolute Gasteiger partial charge is 0.374 e. The van der Waals surface area contributed by atoms with E-state index in [0.29, 0.717) is 54.9 Å². The quantitative estimate of drug-likeness (QED) is 0.245. The third kappa shape index (κ3) is 5.55. The lowest BCUT2D eigenvalue weighted by molar-refractivity contribution is -0.141. The summed E-state index contributed by atoms with van der Waals surface area (Å²) in [7, 11) is 0. The summed E-state index contributed by atoms with van der Waals surface area (Å²) in [6.07, 6.45) is 5.27. The number of hydrogen-bond acceptors (Lipinski definition) is 8. The summed E-state index contributed by atoms with van der Waals surface area (Å²) in [5, 5.41) is 21.3. The van der Waals surface area contributed by atoms with Crippen LogP contribution < -0.4 is 14.2 Å². The van der Waals surface area contributed by atoms with E-state index in [1.165, 1.54) is 0 Å². The standard InChI is InChI=1S/C34H37NO8/c1-4-40-33(38)29-16-23(20-7-9-26(37)22(15-20)19-6-8-25-21(14-19)10-11-35-25)31-28(42-29)18-27-24(32(31)41-13-5-12-36)17-30(43-27)34(2,3)39/h6,8,10-11,14,16,18,22,30,35-36,39H,4-5,7,9,12-13,15,17H2,1-3H3. The van der Waals surface area contributed by atoms with E-state index < -0.39 is 17.7 Å². The Morgan fingerprint density at radius 2 is 1.98 bits per heavy atom. The lowest BCUT2D eigenvalue weighted by Crippen LogP contribution is -2.39. The first kappa shape index (κ1) is 29.0. The minimum absolute atomic E-state index is 0.0351. The summed E-state index contributed by atoms with van der Waals surface area (Å²) in [4.78, 5) is 29.5. The molecule has 0 amide bonds. The number of hydrogen-bond donors (Lipinski definition) is 3. The molecule has 9 heteroatoms. The van der Waals surface area contributed by atoms with Crippen molar-refractivity contribution in [1.29, 1.82) is 0 Å². The van der Waals surface area contributed by atoms with Crippen LogP contribution in [0.1, 0.15) is 69.1 Å². The number of ether oxygens (including phenoxy) is 4. The summed E-state index contributed by atoms with van der Waals surface area (Å²) in [5.74, 6) is 0.716. The van der Waals surface area contributed by atoms with Gasteiger partial charge in [0.1, 0.15) is 29.1 Å². The van der Waals surface area contributed by atoms with Gasteiger partial charge in [0.15, 0.2) is 0 Å². The summed E-state index contributed by atoms with van der Waals surface area (Å²) < 4.78 is 23.9. The highest BCUT2D eigenvalue weighted by Crippen LogP contribution is 2.52. The molecule has 2 atom stereocenters. The molecule has 3 aliphatic rings. The molecule has 3 N–H and O–H groups in total. The second kappa shape index (κ2) is 11.5. The summed E-state index contributed by atoms with van der Waals surface area (Å²) in [6.45, 7) is 5.53. The third-order valence-corrected chi connectivity index (χ3v) is 8.42. The normalized spacial score (nSPS) is 21.5. The molecule has 0 bridgehead atoms. The van der Waals surface area contributed by atoms with Crippen LogP contribution in [0.4, 0.5) is 0 Å². The highest BCUT2D eigenvalue weighted by atomic mass is 16.6. The molecule has 2 aromatic carbocycles. The number of carbonyl (C=O) groups excluding carboxylic acids is 2. The Kier molecular flexibility index (Phi) is 7.79. The highest BCUT2D eigenvalue weighted by Gasteiger charge is 2.41. The molecule has 226 valence electrons. The minimum Gasteiger partial charge on any atom is -0.492 e. The molecule has 6 rings (SSSR count). The van der Waals surface area contributed by atoms with Crippen molar-refractivity contribution in [2.24, 2.45) is 0 Å². The maximum Gasteiger partial charge on any atom is 0.374 e. The minimum atomic E-state index is -1.12. The van der Waals surface area contributed by atoms with Gasteiger partial charge in [-0.3, -0.25) is 4.79 Å². The van der Waals surface area contributed by atoms with Crippen molar-refractivity contribution in [2.45, 2.75) is 70.5 Å².